The zero-order valence-corrected chi connectivity index (χ0v) is 28.3. The highest BCUT2D eigenvalue weighted by atomic mass is 35.5. The number of anilines is 1. The van der Waals surface area contributed by atoms with Crippen LogP contribution in [-0.4, -0.2) is 59.6 Å². The zero-order chi connectivity index (χ0) is 32.9. The van der Waals surface area contributed by atoms with E-state index in [0.29, 0.717) is 55.2 Å². The molecule has 5 rings (SSSR count). The van der Waals surface area contributed by atoms with Gasteiger partial charge in [0.25, 0.3) is 0 Å². The molecule has 0 aromatic heterocycles. The molecule has 0 bridgehead atoms. The quantitative estimate of drug-likeness (QED) is 0.350. The highest BCUT2D eigenvalue weighted by Gasteiger charge is 2.65. The van der Waals surface area contributed by atoms with E-state index in [4.69, 9.17) is 27.9 Å². The minimum Gasteiger partial charge on any atom is -0.444 e. The third kappa shape index (κ3) is 6.61. The molecule has 3 unspecified atom stereocenters. The summed E-state index contributed by atoms with van der Waals surface area (Å²) in [4.78, 5) is 44.3. The fourth-order valence-electron chi connectivity index (χ4n) is 7.25. The number of benzene rings is 2. The maximum Gasteiger partial charge on any atom is 0.410 e. The first-order chi connectivity index (χ1) is 21.0. The van der Waals surface area contributed by atoms with Crippen LogP contribution in [0.5, 0.6) is 0 Å². The summed E-state index contributed by atoms with van der Waals surface area (Å²) >= 11 is 12.6. The van der Waals surface area contributed by atoms with Crippen molar-refractivity contribution in [3.05, 3.63) is 63.4 Å². The van der Waals surface area contributed by atoms with E-state index in [2.05, 4.69) is 31.4 Å². The lowest BCUT2D eigenvalue weighted by Gasteiger charge is -2.38. The molecule has 2 fully saturated rings. The number of hydrogen-bond donors (Lipinski definition) is 2. The third-order valence-electron chi connectivity index (χ3n) is 9.06. The summed E-state index contributed by atoms with van der Waals surface area (Å²) in [7, 11) is 0. The molecule has 2 aromatic carbocycles. The number of ether oxygens (including phenoxy) is 1. The monoisotopic (exact) mass is 660 g/mol. The number of nitrogens with zero attached hydrogens (tertiary/aromatic N) is 2. The van der Waals surface area contributed by atoms with Gasteiger partial charge in [-0.3, -0.25) is 4.79 Å². The second kappa shape index (κ2) is 12.3. The van der Waals surface area contributed by atoms with Crippen molar-refractivity contribution in [2.45, 2.75) is 77.9 Å². The lowest BCUT2D eigenvalue weighted by Crippen LogP contribution is -2.49. The first kappa shape index (κ1) is 33.3. The molecule has 3 aliphatic heterocycles. The number of carbonyl (C=O) groups excluding carboxylic acids is 3. The average Bonchev–Trinajstić information content (AvgIpc) is 3.41. The molecule has 0 saturated carbocycles. The Morgan fingerprint density at radius 2 is 1.78 bits per heavy atom. The van der Waals surface area contributed by atoms with Crippen LogP contribution in [0.25, 0.3) is 0 Å². The standard InChI is InChI=1S/C34H43Cl2FN4O4/c1-32(2,3)17-21-19-41(30(43)38-18-20-12-14-40(15-13-20)31(44)45-33(4,5)6)28(23-8-7-9-25(36)27(23)37)34(21)24-11-10-22(35)16-26(24)39-29(34)42/h7-11,16,20-21,28H,12-15,17-19H2,1-6H3,(H,38,43)(H,39,42). The number of rotatable bonds is 4. The molecule has 3 heterocycles. The predicted octanol–water partition coefficient (Wildman–Crippen LogP) is 7.79. The van der Waals surface area contributed by atoms with Gasteiger partial charge in [0, 0.05) is 42.5 Å². The molecule has 3 atom stereocenters. The van der Waals surface area contributed by atoms with Crippen LogP contribution in [0.15, 0.2) is 36.4 Å². The van der Waals surface area contributed by atoms with Crippen LogP contribution in [-0.2, 0) is 14.9 Å². The largest absolute Gasteiger partial charge is 0.444 e. The van der Waals surface area contributed by atoms with Gasteiger partial charge in [0.1, 0.15) is 16.8 Å². The molecule has 2 N–H and O–H groups in total. The maximum absolute atomic E-state index is 16.0. The van der Waals surface area contributed by atoms with E-state index in [0.717, 1.165) is 0 Å². The number of likely N-dealkylation sites (tertiary alicyclic amines) is 2. The van der Waals surface area contributed by atoms with Gasteiger partial charge in [-0.25, -0.2) is 14.0 Å². The molecular formula is C34H43Cl2FN4O4. The number of piperidine rings is 1. The van der Waals surface area contributed by atoms with Crippen molar-refractivity contribution in [2.75, 3.05) is 31.5 Å². The molecular weight excluding hydrogens is 618 g/mol. The Kier molecular flexibility index (Phi) is 9.10. The fraction of sp³-hybridized carbons (Fsp3) is 0.559. The van der Waals surface area contributed by atoms with Crippen LogP contribution in [0, 0.1) is 23.1 Å². The predicted molar refractivity (Wildman–Crippen MR) is 174 cm³/mol. The normalized spacial score (nSPS) is 23.7. The Hall–Kier alpha value is -3.04. The van der Waals surface area contributed by atoms with Crippen LogP contribution in [0.2, 0.25) is 10.0 Å². The average molecular weight is 662 g/mol. The van der Waals surface area contributed by atoms with Gasteiger partial charge in [-0.1, -0.05) is 62.2 Å². The van der Waals surface area contributed by atoms with Gasteiger partial charge in [0.15, 0.2) is 0 Å². The molecule has 2 aromatic rings. The third-order valence-corrected chi connectivity index (χ3v) is 9.59. The number of hydrogen-bond acceptors (Lipinski definition) is 4. The number of nitrogens with one attached hydrogen (secondary N) is 2. The van der Waals surface area contributed by atoms with E-state index in [-0.39, 0.29) is 52.4 Å². The molecule has 45 heavy (non-hydrogen) atoms. The van der Waals surface area contributed by atoms with Gasteiger partial charge in [-0.2, -0.15) is 0 Å². The summed E-state index contributed by atoms with van der Waals surface area (Å²) in [5.41, 5.74) is -0.577. The first-order valence-electron chi connectivity index (χ1n) is 15.6. The van der Waals surface area contributed by atoms with E-state index < -0.39 is 22.9 Å². The minimum absolute atomic E-state index is 0.0752. The Morgan fingerprint density at radius 1 is 1.09 bits per heavy atom. The summed E-state index contributed by atoms with van der Waals surface area (Å²) in [5.74, 6) is -1.12. The summed E-state index contributed by atoms with van der Waals surface area (Å²) in [6, 6.07) is 8.64. The fourth-order valence-corrected chi connectivity index (χ4v) is 7.60. The second-order valence-corrected chi connectivity index (χ2v) is 15.6. The van der Waals surface area contributed by atoms with Crippen LogP contribution in [0.4, 0.5) is 19.7 Å². The minimum atomic E-state index is -1.27. The van der Waals surface area contributed by atoms with E-state index in [1.807, 2.05) is 26.8 Å². The summed E-state index contributed by atoms with van der Waals surface area (Å²) in [5, 5.41) is 6.50. The highest BCUT2D eigenvalue weighted by molar-refractivity contribution is 6.31. The van der Waals surface area contributed by atoms with Gasteiger partial charge >= 0.3 is 12.1 Å². The Bertz CT molecular complexity index is 1480. The number of halogens is 3. The van der Waals surface area contributed by atoms with Gasteiger partial charge in [0.05, 0.1) is 11.1 Å². The Labute approximate surface area is 274 Å². The molecule has 11 heteroatoms. The van der Waals surface area contributed by atoms with Crippen molar-refractivity contribution < 1.29 is 23.5 Å². The van der Waals surface area contributed by atoms with E-state index in [1.165, 1.54) is 6.07 Å². The molecule has 0 aliphatic carbocycles. The van der Waals surface area contributed by atoms with Crippen LogP contribution >= 0.6 is 23.2 Å². The van der Waals surface area contributed by atoms with Gasteiger partial charge < -0.3 is 25.2 Å². The maximum atomic E-state index is 16.0. The molecule has 244 valence electrons. The highest BCUT2D eigenvalue weighted by Crippen LogP contribution is 2.60. The van der Waals surface area contributed by atoms with Crippen LogP contribution < -0.4 is 10.6 Å². The van der Waals surface area contributed by atoms with E-state index >= 15 is 4.39 Å². The number of fused-ring (bicyclic) bond motifs is 2. The smallest absolute Gasteiger partial charge is 0.410 e. The lowest BCUT2D eigenvalue weighted by molar-refractivity contribution is -0.123. The zero-order valence-electron chi connectivity index (χ0n) is 26.8. The van der Waals surface area contributed by atoms with Crippen molar-refractivity contribution in [3.8, 4) is 0 Å². The number of carbonyl (C=O) groups is 3. The van der Waals surface area contributed by atoms with Crippen molar-refractivity contribution in [3.63, 3.8) is 0 Å². The summed E-state index contributed by atoms with van der Waals surface area (Å²) in [6.45, 7) is 13.5. The first-order valence-corrected chi connectivity index (χ1v) is 16.3. The molecule has 0 radical (unpaired) electrons. The Balaban J connectivity index is 1.45. The Morgan fingerprint density at radius 3 is 2.42 bits per heavy atom. The van der Waals surface area contributed by atoms with E-state index in [9.17, 15) is 14.4 Å². The molecule has 8 nitrogen and oxygen atoms in total. The number of urea groups is 1. The van der Waals surface area contributed by atoms with Gasteiger partial charge in [0.2, 0.25) is 5.91 Å². The molecule has 4 amide bonds. The van der Waals surface area contributed by atoms with Crippen LogP contribution in [0.1, 0.15) is 78.0 Å². The van der Waals surface area contributed by atoms with Crippen molar-refractivity contribution in [1.82, 2.24) is 15.1 Å². The lowest BCUT2D eigenvalue weighted by atomic mass is 9.63. The second-order valence-electron chi connectivity index (χ2n) is 14.8. The van der Waals surface area contributed by atoms with Gasteiger partial charge in [-0.05, 0) is 81.0 Å². The topological polar surface area (TPSA) is 91.0 Å². The SMILES string of the molecule is CC(C)(C)CC1CN(C(=O)NCC2CCN(C(=O)OC(C)(C)C)CC2)C(c2cccc(Cl)c2F)C12C(=O)Nc1cc(Cl)ccc12. The number of amides is 4. The molecule has 3 aliphatic rings. The van der Waals surface area contributed by atoms with Crippen molar-refractivity contribution in [2.24, 2.45) is 17.3 Å². The van der Waals surface area contributed by atoms with Crippen molar-refractivity contribution >= 4 is 46.9 Å². The van der Waals surface area contributed by atoms with Crippen LogP contribution in [0.3, 0.4) is 0 Å². The summed E-state index contributed by atoms with van der Waals surface area (Å²) in [6.07, 6.45) is 1.69. The van der Waals surface area contributed by atoms with Crippen molar-refractivity contribution in [1.29, 1.82) is 0 Å². The molecule has 2 saturated heterocycles. The molecule has 1 spiro atoms. The summed E-state index contributed by atoms with van der Waals surface area (Å²) < 4.78 is 21.5. The van der Waals surface area contributed by atoms with Gasteiger partial charge in [-0.15, -0.1) is 0 Å². The van der Waals surface area contributed by atoms with E-state index in [1.54, 1.807) is 34.1 Å².